The van der Waals surface area contributed by atoms with Crippen molar-refractivity contribution in [3.8, 4) is 0 Å². The molecule has 1 aliphatic rings. The van der Waals surface area contributed by atoms with Crippen molar-refractivity contribution < 1.29 is 8.42 Å². The number of benzene rings is 1. The standard InChI is InChI=1S/C12H17NO2S/c1-8-6-9(2)11(10(3)7-8)16(14,15)12(13)4-5-12/h6-7H,4-5,13H2,1-3H3. The van der Waals surface area contributed by atoms with Crippen molar-refractivity contribution in [2.24, 2.45) is 5.73 Å². The molecule has 0 unspecified atom stereocenters. The van der Waals surface area contributed by atoms with E-state index in [1.807, 2.05) is 32.9 Å². The highest BCUT2D eigenvalue weighted by atomic mass is 32.2. The topological polar surface area (TPSA) is 60.2 Å². The predicted molar refractivity (Wildman–Crippen MR) is 64.0 cm³/mol. The molecule has 1 saturated carbocycles. The lowest BCUT2D eigenvalue weighted by molar-refractivity contribution is 0.577. The first-order valence-corrected chi connectivity index (χ1v) is 6.88. The zero-order chi connectivity index (χ0) is 12.1. The van der Waals surface area contributed by atoms with Gasteiger partial charge in [-0.15, -0.1) is 0 Å². The molecule has 1 aromatic carbocycles. The Balaban J connectivity index is 2.66. The van der Waals surface area contributed by atoms with E-state index in [4.69, 9.17) is 5.73 Å². The quantitative estimate of drug-likeness (QED) is 0.856. The molecule has 3 nitrogen and oxygen atoms in total. The summed E-state index contributed by atoms with van der Waals surface area (Å²) in [7, 11) is -3.37. The van der Waals surface area contributed by atoms with Crippen molar-refractivity contribution in [1.29, 1.82) is 0 Å². The molecule has 0 spiro atoms. The van der Waals surface area contributed by atoms with E-state index in [-0.39, 0.29) is 0 Å². The van der Waals surface area contributed by atoms with Crippen LogP contribution in [0.4, 0.5) is 0 Å². The van der Waals surface area contributed by atoms with Crippen LogP contribution in [0.3, 0.4) is 0 Å². The minimum absolute atomic E-state index is 0.429. The molecule has 2 rings (SSSR count). The maximum Gasteiger partial charge on any atom is 0.197 e. The summed E-state index contributed by atoms with van der Waals surface area (Å²) in [5, 5.41) is 0. The molecular weight excluding hydrogens is 222 g/mol. The Bertz CT molecular complexity index is 519. The van der Waals surface area contributed by atoms with E-state index in [0.717, 1.165) is 16.7 Å². The molecule has 0 heterocycles. The normalized spacial score (nSPS) is 18.5. The van der Waals surface area contributed by atoms with Crippen LogP contribution in [0.5, 0.6) is 0 Å². The molecule has 1 aliphatic carbocycles. The lowest BCUT2D eigenvalue weighted by Crippen LogP contribution is -2.33. The van der Waals surface area contributed by atoms with Gasteiger partial charge in [0.25, 0.3) is 0 Å². The van der Waals surface area contributed by atoms with Gasteiger partial charge < -0.3 is 5.73 Å². The molecule has 0 atom stereocenters. The highest BCUT2D eigenvalue weighted by Crippen LogP contribution is 2.43. The van der Waals surface area contributed by atoms with E-state index in [1.165, 1.54) is 0 Å². The Labute approximate surface area is 96.6 Å². The first-order chi connectivity index (χ1) is 7.28. The van der Waals surface area contributed by atoms with Gasteiger partial charge in [-0.2, -0.15) is 0 Å². The van der Waals surface area contributed by atoms with E-state index in [0.29, 0.717) is 17.7 Å². The van der Waals surface area contributed by atoms with Crippen molar-refractivity contribution in [2.45, 2.75) is 43.4 Å². The Morgan fingerprint density at radius 1 is 1.12 bits per heavy atom. The van der Waals surface area contributed by atoms with Gasteiger partial charge in [0.1, 0.15) is 4.87 Å². The SMILES string of the molecule is Cc1cc(C)c(S(=O)(=O)C2(N)CC2)c(C)c1. The Morgan fingerprint density at radius 2 is 1.56 bits per heavy atom. The monoisotopic (exact) mass is 239 g/mol. The summed E-state index contributed by atoms with van der Waals surface area (Å²) in [6, 6.07) is 3.79. The number of rotatable bonds is 2. The second-order valence-corrected chi connectivity index (χ2v) is 7.02. The fourth-order valence-corrected chi connectivity index (χ4v) is 4.20. The minimum Gasteiger partial charge on any atom is -0.312 e. The zero-order valence-electron chi connectivity index (χ0n) is 9.87. The van der Waals surface area contributed by atoms with Crippen LogP contribution in [0.1, 0.15) is 29.5 Å². The minimum atomic E-state index is -3.37. The van der Waals surface area contributed by atoms with Gasteiger partial charge in [-0.25, -0.2) is 8.42 Å². The summed E-state index contributed by atoms with van der Waals surface area (Å²) < 4.78 is 24.7. The van der Waals surface area contributed by atoms with Gasteiger partial charge in [0.2, 0.25) is 0 Å². The van der Waals surface area contributed by atoms with Crippen molar-refractivity contribution in [2.75, 3.05) is 0 Å². The maximum absolute atomic E-state index is 12.3. The van der Waals surface area contributed by atoms with Crippen LogP contribution in [0.25, 0.3) is 0 Å². The van der Waals surface area contributed by atoms with Gasteiger partial charge in [0, 0.05) is 0 Å². The molecule has 16 heavy (non-hydrogen) atoms. The van der Waals surface area contributed by atoms with Crippen LogP contribution < -0.4 is 5.73 Å². The molecule has 88 valence electrons. The Morgan fingerprint density at radius 3 is 1.94 bits per heavy atom. The molecule has 0 aromatic heterocycles. The Hall–Kier alpha value is -0.870. The average Bonchev–Trinajstić information content (AvgIpc) is 2.82. The van der Waals surface area contributed by atoms with Gasteiger partial charge in [0.05, 0.1) is 4.90 Å². The summed E-state index contributed by atoms with van der Waals surface area (Å²) in [5.41, 5.74) is 8.52. The Kier molecular flexibility index (Phi) is 2.40. The number of hydrogen-bond donors (Lipinski definition) is 1. The van der Waals surface area contributed by atoms with Crippen LogP contribution in [0.15, 0.2) is 17.0 Å². The second-order valence-electron chi connectivity index (χ2n) is 4.80. The second kappa shape index (κ2) is 3.31. The fraction of sp³-hybridized carbons (Fsp3) is 0.500. The van der Waals surface area contributed by atoms with Crippen LogP contribution in [0.2, 0.25) is 0 Å². The number of sulfone groups is 1. The molecule has 0 amide bonds. The molecule has 0 bridgehead atoms. The van der Waals surface area contributed by atoms with E-state index in [1.54, 1.807) is 0 Å². The molecule has 4 heteroatoms. The van der Waals surface area contributed by atoms with Gasteiger partial charge in [-0.1, -0.05) is 17.7 Å². The smallest absolute Gasteiger partial charge is 0.197 e. The number of aryl methyl sites for hydroxylation is 3. The highest BCUT2D eigenvalue weighted by molar-refractivity contribution is 7.93. The van der Waals surface area contributed by atoms with Crippen LogP contribution in [0, 0.1) is 20.8 Å². The van der Waals surface area contributed by atoms with Gasteiger partial charge in [0.15, 0.2) is 9.84 Å². The zero-order valence-corrected chi connectivity index (χ0v) is 10.7. The maximum atomic E-state index is 12.3. The van der Waals surface area contributed by atoms with Crippen molar-refractivity contribution in [3.63, 3.8) is 0 Å². The van der Waals surface area contributed by atoms with Crippen molar-refractivity contribution in [1.82, 2.24) is 0 Å². The summed E-state index contributed by atoms with van der Waals surface area (Å²) in [5.74, 6) is 0. The van der Waals surface area contributed by atoms with E-state index in [2.05, 4.69) is 0 Å². The lowest BCUT2D eigenvalue weighted by atomic mass is 10.1. The van der Waals surface area contributed by atoms with E-state index in [9.17, 15) is 8.42 Å². The summed E-state index contributed by atoms with van der Waals surface area (Å²) >= 11 is 0. The molecule has 0 aliphatic heterocycles. The average molecular weight is 239 g/mol. The predicted octanol–water partition coefficient (Wildman–Crippen LogP) is 1.83. The summed E-state index contributed by atoms with van der Waals surface area (Å²) in [6.45, 7) is 5.63. The molecule has 0 radical (unpaired) electrons. The number of hydrogen-bond acceptors (Lipinski definition) is 3. The molecule has 1 aromatic rings. The molecule has 1 fully saturated rings. The highest BCUT2D eigenvalue weighted by Gasteiger charge is 2.52. The third kappa shape index (κ3) is 1.57. The van der Waals surface area contributed by atoms with E-state index >= 15 is 0 Å². The van der Waals surface area contributed by atoms with Gasteiger partial charge in [-0.3, -0.25) is 0 Å². The lowest BCUT2D eigenvalue weighted by Gasteiger charge is -2.16. The third-order valence-corrected chi connectivity index (χ3v) is 5.81. The fourth-order valence-electron chi connectivity index (χ4n) is 2.19. The van der Waals surface area contributed by atoms with Crippen LogP contribution in [-0.2, 0) is 9.84 Å². The van der Waals surface area contributed by atoms with Crippen molar-refractivity contribution >= 4 is 9.84 Å². The largest absolute Gasteiger partial charge is 0.312 e. The molecular formula is C12H17NO2S. The van der Waals surface area contributed by atoms with Crippen LogP contribution in [-0.4, -0.2) is 13.3 Å². The molecule has 0 saturated heterocycles. The first kappa shape index (κ1) is 11.6. The third-order valence-electron chi connectivity index (χ3n) is 3.15. The number of nitrogens with two attached hydrogens (primary N) is 1. The first-order valence-electron chi connectivity index (χ1n) is 5.39. The summed E-state index contributed by atoms with van der Waals surface area (Å²) in [6.07, 6.45) is 1.14. The molecule has 2 N–H and O–H groups in total. The van der Waals surface area contributed by atoms with E-state index < -0.39 is 14.7 Å². The summed E-state index contributed by atoms with van der Waals surface area (Å²) in [4.78, 5) is -0.573. The van der Waals surface area contributed by atoms with Crippen molar-refractivity contribution in [3.05, 3.63) is 28.8 Å². The van der Waals surface area contributed by atoms with Gasteiger partial charge >= 0.3 is 0 Å². The van der Waals surface area contributed by atoms with Gasteiger partial charge in [-0.05, 0) is 44.7 Å². The van der Waals surface area contributed by atoms with Crippen LogP contribution >= 0.6 is 0 Å².